The molecule has 0 aromatic heterocycles. The maximum Gasteiger partial charge on any atom is 0.157 e. The standard InChI is InChI=1S/C19H22O3S/c1-2-6-17(7-3-1)23-18-11-9-16(10-12-18)20-14-15-22-19-8-4-5-13-21-19/h1-3,6-7,9-12,19H,4-5,8,13-15H2. The van der Waals surface area contributed by atoms with E-state index in [4.69, 9.17) is 14.2 Å². The van der Waals surface area contributed by atoms with E-state index in [1.54, 1.807) is 11.8 Å². The normalized spacial score (nSPS) is 17.8. The third-order valence-corrected chi connectivity index (χ3v) is 4.61. The van der Waals surface area contributed by atoms with Crippen molar-refractivity contribution >= 4 is 11.8 Å². The van der Waals surface area contributed by atoms with E-state index in [2.05, 4.69) is 36.4 Å². The number of hydrogen-bond acceptors (Lipinski definition) is 4. The Balaban J connectivity index is 1.39. The van der Waals surface area contributed by atoms with Crippen molar-refractivity contribution in [2.45, 2.75) is 35.3 Å². The first-order valence-corrected chi connectivity index (χ1v) is 8.91. The minimum atomic E-state index is -0.0444. The van der Waals surface area contributed by atoms with Crippen LogP contribution in [-0.4, -0.2) is 26.1 Å². The molecule has 2 aromatic rings. The molecule has 0 amide bonds. The molecule has 3 rings (SSSR count). The topological polar surface area (TPSA) is 27.7 Å². The Kier molecular flexibility index (Phi) is 6.38. The first-order chi connectivity index (χ1) is 11.4. The Morgan fingerprint density at radius 1 is 0.913 bits per heavy atom. The lowest BCUT2D eigenvalue weighted by molar-refractivity contribution is -0.165. The summed E-state index contributed by atoms with van der Waals surface area (Å²) in [5.41, 5.74) is 0. The number of rotatable bonds is 7. The van der Waals surface area contributed by atoms with Crippen molar-refractivity contribution in [2.75, 3.05) is 19.8 Å². The summed E-state index contributed by atoms with van der Waals surface area (Å²) in [7, 11) is 0. The lowest BCUT2D eigenvalue weighted by Gasteiger charge is -2.22. The highest BCUT2D eigenvalue weighted by atomic mass is 32.2. The van der Waals surface area contributed by atoms with Gasteiger partial charge in [0.25, 0.3) is 0 Å². The molecule has 1 heterocycles. The molecule has 1 fully saturated rings. The Bertz CT molecular complexity index is 565. The first-order valence-electron chi connectivity index (χ1n) is 8.09. The van der Waals surface area contributed by atoms with Crippen molar-refractivity contribution in [1.29, 1.82) is 0 Å². The van der Waals surface area contributed by atoms with Gasteiger partial charge in [0.05, 0.1) is 6.61 Å². The van der Waals surface area contributed by atoms with E-state index in [9.17, 15) is 0 Å². The smallest absolute Gasteiger partial charge is 0.157 e. The van der Waals surface area contributed by atoms with E-state index in [1.807, 2.05) is 18.2 Å². The molecular formula is C19H22O3S. The van der Waals surface area contributed by atoms with Gasteiger partial charge >= 0.3 is 0 Å². The molecule has 1 atom stereocenters. The zero-order valence-electron chi connectivity index (χ0n) is 13.1. The summed E-state index contributed by atoms with van der Waals surface area (Å²) < 4.78 is 16.9. The van der Waals surface area contributed by atoms with Crippen LogP contribution in [0.5, 0.6) is 5.75 Å². The van der Waals surface area contributed by atoms with Crippen molar-refractivity contribution < 1.29 is 14.2 Å². The summed E-state index contributed by atoms with van der Waals surface area (Å²) in [4.78, 5) is 2.44. The number of benzene rings is 2. The highest BCUT2D eigenvalue weighted by molar-refractivity contribution is 7.99. The van der Waals surface area contributed by atoms with Gasteiger partial charge in [-0.1, -0.05) is 30.0 Å². The quantitative estimate of drug-likeness (QED) is 0.684. The minimum absolute atomic E-state index is 0.0444. The van der Waals surface area contributed by atoms with Crippen molar-refractivity contribution in [1.82, 2.24) is 0 Å². The minimum Gasteiger partial charge on any atom is -0.491 e. The van der Waals surface area contributed by atoms with Gasteiger partial charge in [0, 0.05) is 16.4 Å². The zero-order chi connectivity index (χ0) is 15.7. The molecule has 23 heavy (non-hydrogen) atoms. The second-order valence-electron chi connectivity index (χ2n) is 5.40. The van der Waals surface area contributed by atoms with E-state index < -0.39 is 0 Å². The van der Waals surface area contributed by atoms with Crippen LogP contribution in [0.2, 0.25) is 0 Å². The van der Waals surface area contributed by atoms with E-state index in [-0.39, 0.29) is 6.29 Å². The molecular weight excluding hydrogens is 308 g/mol. The van der Waals surface area contributed by atoms with E-state index in [0.29, 0.717) is 13.2 Å². The molecule has 1 aliphatic heterocycles. The first kappa shape index (κ1) is 16.4. The second kappa shape index (κ2) is 8.96. The highest BCUT2D eigenvalue weighted by Gasteiger charge is 2.13. The summed E-state index contributed by atoms with van der Waals surface area (Å²) in [6, 6.07) is 18.5. The predicted molar refractivity (Wildman–Crippen MR) is 92.0 cm³/mol. The van der Waals surface area contributed by atoms with Gasteiger partial charge in [-0.3, -0.25) is 0 Å². The highest BCUT2D eigenvalue weighted by Crippen LogP contribution is 2.28. The molecule has 3 nitrogen and oxygen atoms in total. The third kappa shape index (κ3) is 5.57. The van der Waals surface area contributed by atoms with Gasteiger partial charge in [-0.15, -0.1) is 0 Å². The van der Waals surface area contributed by atoms with Gasteiger partial charge in [-0.25, -0.2) is 0 Å². The van der Waals surface area contributed by atoms with Crippen LogP contribution in [0.25, 0.3) is 0 Å². The van der Waals surface area contributed by atoms with Gasteiger partial charge < -0.3 is 14.2 Å². The molecule has 1 saturated heterocycles. The summed E-state index contributed by atoms with van der Waals surface area (Å²) in [5.74, 6) is 0.871. The molecule has 4 heteroatoms. The molecule has 0 saturated carbocycles. The molecule has 0 aliphatic carbocycles. The monoisotopic (exact) mass is 330 g/mol. The Labute approximate surface area is 142 Å². The maximum atomic E-state index is 5.71. The molecule has 2 aromatic carbocycles. The maximum absolute atomic E-state index is 5.71. The molecule has 0 radical (unpaired) electrons. The number of hydrogen-bond donors (Lipinski definition) is 0. The second-order valence-corrected chi connectivity index (χ2v) is 6.55. The summed E-state index contributed by atoms with van der Waals surface area (Å²) in [6.45, 7) is 1.92. The molecule has 1 aliphatic rings. The fraction of sp³-hybridized carbons (Fsp3) is 0.368. The van der Waals surface area contributed by atoms with Gasteiger partial charge in [0.1, 0.15) is 12.4 Å². The number of ether oxygens (including phenoxy) is 3. The Hall–Kier alpha value is -1.49. The van der Waals surface area contributed by atoms with Crippen LogP contribution < -0.4 is 4.74 Å². The molecule has 0 bridgehead atoms. The zero-order valence-corrected chi connectivity index (χ0v) is 14.0. The van der Waals surface area contributed by atoms with Crippen molar-refractivity contribution in [3.05, 3.63) is 54.6 Å². The van der Waals surface area contributed by atoms with Crippen LogP contribution in [0.15, 0.2) is 64.4 Å². The van der Waals surface area contributed by atoms with Gasteiger partial charge in [-0.2, -0.15) is 0 Å². The average Bonchev–Trinajstić information content (AvgIpc) is 2.62. The molecule has 122 valence electrons. The SMILES string of the molecule is c1ccc(Sc2ccc(OCCOC3CCCCO3)cc2)cc1. The summed E-state index contributed by atoms with van der Waals surface area (Å²) in [5, 5.41) is 0. The van der Waals surface area contributed by atoms with Crippen LogP contribution in [-0.2, 0) is 9.47 Å². The Morgan fingerprint density at radius 2 is 1.70 bits per heavy atom. The largest absolute Gasteiger partial charge is 0.491 e. The van der Waals surface area contributed by atoms with Gasteiger partial charge in [0.2, 0.25) is 0 Å². The van der Waals surface area contributed by atoms with E-state index >= 15 is 0 Å². The fourth-order valence-electron chi connectivity index (χ4n) is 2.41. The predicted octanol–water partition coefficient (Wildman–Crippen LogP) is 4.76. The average molecular weight is 330 g/mol. The van der Waals surface area contributed by atoms with Crippen molar-refractivity contribution in [3.8, 4) is 5.75 Å². The van der Waals surface area contributed by atoms with Crippen LogP contribution in [0.3, 0.4) is 0 Å². The van der Waals surface area contributed by atoms with Crippen LogP contribution in [0.4, 0.5) is 0 Å². The molecule has 0 N–H and O–H groups in total. The molecule has 0 spiro atoms. The van der Waals surface area contributed by atoms with Crippen LogP contribution in [0.1, 0.15) is 19.3 Å². The van der Waals surface area contributed by atoms with Crippen molar-refractivity contribution in [2.24, 2.45) is 0 Å². The fourth-order valence-corrected chi connectivity index (χ4v) is 3.25. The van der Waals surface area contributed by atoms with Crippen molar-refractivity contribution in [3.63, 3.8) is 0 Å². The third-order valence-electron chi connectivity index (χ3n) is 3.60. The van der Waals surface area contributed by atoms with E-state index in [0.717, 1.165) is 25.2 Å². The van der Waals surface area contributed by atoms with E-state index in [1.165, 1.54) is 16.2 Å². The summed E-state index contributed by atoms with van der Waals surface area (Å²) >= 11 is 1.75. The van der Waals surface area contributed by atoms with Gasteiger partial charge in [-0.05, 0) is 55.7 Å². The Morgan fingerprint density at radius 3 is 2.43 bits per heavy atom. The van der Waals surface area contributed by atoms with Gasteiger partial charge in [0.15, 0.2) is 6.29 Å². The summed E-state index contributed by atoms with van der Waals surface area (Å²) in [6.07, 6.45) is 3.28. The van der Waals surface area contributed by atoms with Crippen LogP contribution in [0, 0.1) is 0 Å². The molecule has 1 unspecified atom stereocenters. The lowest BCUT2D eigenvalue weighted by atomic mass is 10.2. The lowest BCUT2D eigenvalue weighted by Crippen LogP contribution is -2.24. The van der Waals surface area contributed by atoms with Crippen LogP contribution >= 0.6 is 11.8 Å².